The van der Waals surface area contributed by atoms with Crippen molar-refractivity contribution in [1.29, 1.82) is 0 Å². The quantitative estimate of drug-likeness (QED) is 0.917. The Morgan fingerprint density at radius 3 is 2.75 bits per heavy atom. The van der Waals surface area contributed by atoms with E-state index in [4.69, 9.17) is 0 Å². The number of rotatable bonds is 5. The Bertz CT molecular complexity index is 799. The summed E-state index contributed by atoms with van der Waals surface area (Å²) in [7, 11) is 1.69. The molecule has 0 bridgehead atoms. The second-order valence-electron chi connectivity index (χ2n) is 7.12. The summed E-state index contributed by atoms with van der Waals surface area (Å²) in [6, 6.07) is 6.19. The summed E-state index contributed by atoms with van der Waals surface area (Å²) in [5.74, 6) is 0.162. The first-order chi connectivity index (χ1) is 11.5. The molecular formula is C19H21FN2O2. The molecule has 1 aromatic carbocycles. The largest absolute Gasteiger partial charge is 0.391 e. The van der Waals surface area contributed by atoms with Crippen LogP contribution < -0.4 is 0 Å². The van der Waals surface area contributed by atoms with E-state index in [0.717, 1.165) is 31.4 Å². The fraction of sp³-hybridized carbons (Fsp3) is 0.474. The molecule has 2 saturated carbocycles. The van der Waals surface area contributed by atoms with Crippen LogP contribution >= 0.6 is 0 Å². The zero-order valence-electron chi connectivity index (χ0n) is 13.7. The van der Waals surface area contributed by atoms with E-state index in [9.17, 15) is 14.3 Å². The van der Waals surface area contributed by atoms with Crippen molar-refractivity contribution in [2.24, 2.45) is 5.92 Å². The van der Waals surface area contributed by atoms with Crippen LogP contribution in [0.4, 0.5) is 4.39 Å². The van der Waals surface area contributed by atoms with Crippen molar-refractivity contribution in [2.45, 2.75) is 37.7 Å². The maximum absolute atomic E-state index is 13.7. The van der Waals surface area contributed by atoms with E-state index in [2.05, 4.69) is 4.98 Å². The number of benzene rings is 1. The Kier molecular flexibility index (Phi) is 3.76. The van der Waals surface area contributed by atoms with Crippen LogP contribution in [0.1, 0.15) is 47.7 Å². The fourth-order valence-electron chi connectivity index (χ4n) is 3.18. The fourth-order valence-corrected chi connectivity index (χ4v) is 3.18. The third-order valence-electron chi connectivity index (χ3n) is 4.99. The highest BCUT2D eigenvalue weighted by atomic mass is 19.1. The van der Waals surface area contributed by atoms with Gasteiger partial charge in [0.25, 0.3) is 5.91 Å². The lowest BCUT2D eigenvalue weighted by Gasteiger charge is -2.22. The Hall–Kier alpha value is -2.01. The molecule has 126 valence electrons. The Balaban J connectivity index is 1.70. The highest BCUT2D eigenvalue weighted by Crippen LogP contribution is 2.40. The number of aliphatic hydroxyl groups excluding tert-OH is 1. The molecule has 1 atom stereocenters. The van der Waals surface area contributed by atoms with Crippen LogP contribution in [0.5, 0.6) is 0 Å². The van der Waals surface area contributed by atoms with Gasteiger partial charge in [0.05, 0.1) is 17.2 Å². The lowest BCUT2D eigenvalue weighted by molar-refractivity contribution is 0.0647. The average Bonchev–Trinajstić information content (AvgIpc) is 3.45. The minimum Gasteiger partial charge on any atom is -0.391 e. The number of pyridine rings is 1. The molecule has 4 rings (SSSR count). The Morgan fingerprint density at radius 2 is 2.08 bits per heavy atom. The first-order valence-electron chi connectivity index (χ1n) is 8.56. The van der Waals surface area contributed by atoms with Gasteiger partial charge in [0.15, 0.2) is 0 Å². The first-order valence-corrected chi connectivity index (χ1v) is 8.56. The van der Waals surface area contributed by atoms with E-state index in [-0.39, 0.29) is 11.7 Å². The lowest BCUT2D eigenvalue weighted by atomic mass is 10.0. The van der Waals surface area contributed by atoms with Gasteiger partial charge in [-0.25, -0.2) is 4.39 Å². The zero-order chi connectivity index (χ0) is 16.8. The molecule has 2 aliphatic carbocycles. The molecule has 2 fully saturated rings. The van der Waals surface area contributed by atoms with Crippen molar-refractivity contribution in [3.63, 3.8) is 0 Å². The smallest absolute Gasteiger partial charge is 0.254 e. The van der Waals surface area contributed by atoms with Crippen molar-refractivity contribution < 1.29 is 14.3 Å². The topological polar surface area (TPSA) is 53.4 Å². The standard InChI is InChI=1S/C19H21FN2O2/c1-22(10-18(23)12-4-5-12)19(24)15-9-17(11-2-3-11)21-16-7-6-13(20)8-14(15)16/h6-9,11-12,18,23H,2-5,10H2,1H3/t18-/m0/s1. The summed E-state index contributed by atoms with van der Waals surface area (Å²) in [5, 5.41) is 10.6. The van der Waals surface area contributed by atoms with Crippen molar-refractivity contribution in [1.82, 2.24) is 9.88 Å². The van der Waals surface area contributed by atoms with Gasteiger partial charge in [-0.1, -0.05) is 0 Å². The second kappa shape index (κ2) is 5.81. The van der Waals surface area contributed by atoms with Gasteiger partial charge in [-0.15, -0.1) is 0 Å². The Labute approximate surface area is 140 Å². The number of hydrogen-bond acceptors (Lipinski definition) is 3. The highest BCUT2D eigenvalue weighted by Gasteiger charge is 2.32. The molecule has 4 nitrogen and oxygen atoms in total. The molecule has 1 heterocycles. The molecule has 0 unspecified atom stereocenters. The van der Waals surface area contributed by atoms with Gasteiger partial charge in [-0.3, -0.25) is 9.78 Å². The number of halogens is 1. The van der Waals surface area contributed by atoms with Crippen molar-refractivity contribution in [3.8, 4) is 0 Å². The summed E-state index contributed by atoms with van der Waals surface area (Å²) in [4.78, 5) is 19.0. The molecule has 1 amide bonds. The van der Waals surface area contributed by atoms with Crippen LogP contribution in [0, 0.1) is 11.7 Å². The Morgan fingerprint density at radius 1 is 1.33 bits per heavy atom. The van der Waals surface area contributed by atoms with E-state index < -0.39 is 6.10 Å². The third-order valence-corrected chi connectivity index (χ3v) is 4.99. The van der Waals surface area contributed by atoms with Crippen LogP contribution in [0.3, 0.4) is 0 Å². The average molecular weight is 328 g/mol. The first kappa shape index (κ1) is 15.5. The monoisotopic (exact) mass is 328 g/mol. The molecule has 2 aromatic rings. The summed E-state index contributed by atoms with van der Waals surface area (Å²) < 4.78 is 13.7. The van der Waals surface area contributed by atoms with Crippen molar-refractivity contribution in [3.05, 3.63) is 41.3 Å². The van der Waals surface area contributed by atoms with Gasteiger partial charge in [0.1, 0.15) is 5.82 Å². The number of likely N-dealkylation sites (N-methyl/N-ethyl adjacent to an activating group) is 1. The lowest BCUT2D eigenvalue weighted by Crippen LogP contribution is -2.35. The van der Waals surface area contributed by atoms with E-state index in [0.29, 0.717) is 34.8 Å². The van der Waals surface area contributed by atoms with Crippen LogP contribution in [0.15, 0.2) is 24.3 Å². The van der Waals surface area contributed by atoms with Gasteiger partial charge in [-0.2, -0.15) is 0 Å². The van der Waals surface area contributed by atoms with Gasteiger partial charge in [0, 0.05) is 30.6 Å². The minimum absolute atomic E-state index is 0.186. The summed E-state index contributed by atoms with van der Waals surface area (Å²) >= 11 is 0. The summed E-state index contributed by atoms with van der Waals surface area (Å²) in [6.07, 6.45) is 3.75. The van der Waals surface area contributed by atoms with Crippen LogP contribution in [-0.4, -0.2) is 40.6 Å². The highest BCUT2D eigenvalue weighted by molar-refractivity contribution is 6.06. The zero-order valence-corrected chi connectivity index (χ0v) is 13.7. The molecule has 0 aliphatic heterocycles. The summed E-state index contributed by atoms with van der Waals surface area (Å²) in [5.41, 5.74) is 2.04. The summed E-state index contributed by atoms with van der Waals surface area (Å²) in [6.45, 7) is 0.307. The van der Waals surface area contributed by atoms with Crippen LogP contribution in [-0.2, 0) is 0 Å². The molecule has 0 spiro atoms. The minimum atomic E-state index is -0.480. The van der Waals surface area contributed by atoms with Crippen LogP contribution in [0.25, 0.3) is 10.9 Å². The number of nitrogens with zero attached hydrogens (tertiary/aromatic N) is 2. The number of hydrogen-bond donors (Lipinski definition) is 1. The van der Waals surface area contributed by atoms with E-state index in [1.54, 1.807) is 18.0 Å². The van der Waals surface area contributed by atoms with Crippen molar-refractivity contribution >= 4 is 16.8 Å². The van der Waals surface area contributed by atoms with Gasteiger partial charge < -0.3 is 10.0 Å². The van der Waals surface area contributed by atoms with E-state index in [1.165, 1.54) is 12.1 Å². The third kappa shape index (κ3) is 3.00. The normalized spacial score (nSPS) is 18.6. The molecule has 1 aromatic heterocycles. The van der Waals surface area contributed by atoms with Gasteiger partial charge in [-0.05, 0) is 55.9 Å². The van der Waals surface area contributed by atoms with Crippen LogP contribution in [0.2, 0.25) is 0 Å². The predicted molar refractivity (Wildman–Crippen MR) is 89.4 cm³/mol. The SMILES string of the molecule is CN(C[C@H](O)C1CC1)C(=O)c1cc(C2CC2)nc2ccc(F)cc12. The molecule has 5 heteroatoms. The predicted octanol–water partition coefficient (Wildman–Crippen LogP) is 3.09. The molecule has 24 heavy (non-hydrogen) atoms. The molecular weight excluding hydrogens is 307 g/mol. The number of aromatic nitrogens is 1. The second-order valence-corrected chi connectivity index (χ2v) is 7.12. The maximum atomic E-state index is 13.7. The molecule has 2 aliphatic rings. The molecule has 0 radical (unpaired) electrons. The van der Waals surface area contributed by atoms with Gasteiger partial charge in [0.2, 0.25) is 0 Å². The van der Waals surface area contributed by atoms with E-state index in [1.807, 2.05) is 6.07 Å². The number of carbonyl (C=O) groups is 1. The maximum Gasteiger partial charge on any atom is 0.254 e. The molecule has 0 saturated heterocycles. The number of fused-ring (bicyclic) bond motifs is 1. The van der Waals surface area contributed by atoms with Crippen molar-refractivity contribution in [2.75, 3.05) is 13.6 Å². The number of amides is 1. The number of aliphatic hydroxyl groups is 1. The molecule has 1 N–H and O–H groups in total. The van der Waals surface area contributed by atoms with Gasteiger partial charge >= 0.3 is 0 Å². The number of carbonyl (C=O) groups excluding carboxylic acids is 1. The van der Waals surface area contributed by atoms with E-state index >= 15 is 0 Å².